The zero-order chi connectivity index (χ0) is 18.6. The number of benzene rings is 2. The van der Waals surface area contributed by atoms with E-state index in [1.807, 2.05) is 55.6 Å². The van der Waals surface area contributed by atoms with Crippen molar-refractivity contribution in [3.8, 4) is 0 Å². The minimum atomic E-state index is -0.120. The summed E-state index contributed by atoms with van der Waals surface area (Å²) in [4.78, 5) is 20.3. The number of aryl methyl sites for hydroxylation is 1. The number of anilines is 2. The maximum absolute atomic E-state index is 12.9. The maximum atomic E-state index is 12.9. The Kier molecular flexibility index (Phi) is 4.75. The monoisotopic (exact) mass is 358 g/mol. The van der Waals surface area contributed by atoms with Gasteiger partial charge in [0.25, 0.3) is 5.91 Å². The molecule has 2 heterocycles. The largest absolute Gasteiger partial charge is 0.381 e. The van der Waals surface area contributed by atoms with Crippen LogP contribution in [0.25, 0.3) is 10.9 Å². The number of amides is 1. The van der Waals surface area contributed by atoms with E-state index in [2.05, 4.69) is 26.7 Å². The van der Waals surface area contributed by atoms with Gasteiger partial charge >= 0.3 is 0 Å². The highest BCUT2D eigenvalue weighted by molar-refractivity contribution is 6.15. The fourth-order valence-electron chi connectivity index (χ4n) is 3.31. The molecule has 4 rings (SSSR count). The molecule has 0 atom stereocenters. The standard InChI is InChI=1S/C22H22N4O/c1-15-4-2-5-17(12-15)26-22(27)18-14-25-20-7-3-6-19(21(18)20)24-13-16-8-10-23-11-9-16/h2-8,10,12,14,24-25H,9,11,13H2,1H3,(H,26,27). The fraction of sp³-hybridized carbons (Fsp3) is 0.182. The van der Waals surface area contributed by atoms with E-state index < -0.39 is 0 Å². The number of H-pyrrole nitrogens is 1. The number of fused-ring (bicyclic) bond motifs is 1. The summed E-state index contributed by atoms with van der Waals surface area (Å²) in [5, 5.41) is 7.39. The normalized spacial score (nSPS) is 13.4. The Balaban J connectivity index is 1.60. The number of carbonyl (C=O) groups is 1. The summed E-state index contributed by atoms with van der Waals surface area (Å²) < 4.78 is 0. The van der Waals surface area contributed by atoms with Gasteiger partial charge in [-0.3, -0.25) is 9.79 Å². The van der Waals surface area contributed by atoms with Crippen LogP contribution >= 0.6 is 0 Å². The smallest absolute Gasteiger partial charge is 0.257 e. The number of nitrogens with zero attached hydrogens (tertiary/aromatic N) is 1. The van der Waals surface area contributed by atoms with Crippen molar-refractivity contribution >= 4 is 34.4 Å². The number of hydrogen-bond acceptors (Lipinski definition) is 3. The molecule has 1 aromatic heterocycles. The minimum absolute atomic E-state index is 0.120. The Morgan fingerprint density at radius 2 is 2.11 bits per heavy atom. The van der Waals surface area contributed by atoms with Gasteiger partial charge in [0.2, 0.25) is 0 Å². The molecule has 0 aliphatic carbocycles. The lowest BCUT2D eigenvalue weighted by Crippen LogP contribution is -2.13. The molecule has 5 heteroatoms. The molecular weight excluding hydrogens is 336 g/mol. The highest BCUT2D eigenvalue weighted by Gasteiger charge is 2.15. The van der Waals surface area contributed by atoms with Crippen LogP contribution in [-0.2, 0) is 0 Å². The predicted molar refractivity (Wildman–Crippen MR) is 112 cm³/mol. The second-order valence-corrected chi connectivity index (χ2v) is 6.74. The molecule has 0 spiro atoms. The molecule has 0 saturated heterocycles. The van der Waals surface area contributed by atoms with E-state index in [0.717, 1.165) is 47.4 Å². The van der Waals surface area contributed by atoms with Gasteiger partial charge in [-0.05, 0) is 54.8 Å². The van der Waals surface area contributed by atoms with Gasteiger partial charge in [0.1, 0.15) is 0 Å². The van der Waals surface area contributed by atoms with E-state index in [9.17, 15) is 4.79 Å². The van der Waals surface area contributed by atoms with Gasteiger partial charge < -0.3 is 15.6 Å². The summed E-state index contributed by atoms with van der Waals surface area (Å²) >= 11 is 0. The summed E-state index contributed by atoms with van der Waals surface area (Å²) in [6.07, 6.45) is 6.65. The zero-order valence-corrected chi connectivity index (χ0v) is 15.3. The van der Waals surface area contributed by atoms with Crippen molar-refractivity contribution < 1.29 is 4.79 Å². The number of carbonyl (C=O) groups excluding carboxylic acids is 1. The van der Waals surface area contributed by atoms with Gasteiger partial charge in [-0.25, -0.2) is 0 Å². The van der Waals surface area contributed by atoms with Crippen LogP contribution in [0.1, 0.15) is 22.3 Å². The number of dihydropyridines is 1. The van der Waals surface area contributed by atoms with Crippen molar-refractivity contribution in [2.75, 3.05) is 23.7 Å². The number of nitrogens with one attached hydrogen (secondary N) is 3. The number of aromatic amines is 1. The Morgan fingerprint density at radius 3 is 2.93 bits per heavy atom. The molecule has 2 aromatic carbocycles. The molecule has 3 aromatic rings. The molecule has 3 N–H and O–H groups in total. The van der Waals surface area contributed by atoms with Crippen LogP contribution < -0.4 is 10.6 Å². The van der Waals surface area contributed by atoms with Crippen molar-refractivity contribution in [1.29, 1.82) is 0 Å². The fourth-order valence-corrected chi connectivity index (χ4v) is 3.31. The Hall–Kier alpha value is -3.34. The lowest BCUT2D eigenvalue weighted by Gasteiger charge is -2.13. The van der Waals surface area contributed by atoms with Gasteiger partial charge in [-0.15, -0.1) is 0 Å². The van der Waals surface area contributed by atoms with Gasteiger partial charge in [0.15, 0.2) is 0 Å². The van der Waals surface area contributed by atoms with Crippen LogP contribution in [0.5, 0.6) is 0 Å². The SMILES string of the molecule is Cc1cccc(NC(=O)c2c[nH]c3cccc(NCC4=CC=NCC4)c23)c1. The molecule has 1 aliphatic rings. The average molecular weight is 358 g/mol. The number of rotatable bonds is 5. The van der Waals surface area contributed by atoms with Crippen molar-refractivity contribution in [2.24, 2.45) is 4.99 Å². The number of aliphatic imine (C=N–C) groups is 1. The van der Waals surface area contributed by atoms with Gasteiger partial charge in [-0.2, -0.15) is 0 Å². The molecule has 0 fully saturated rings. The molecule has 0 unspecified atom stereocenters. The topological polar surface area (TPSA) is 69.3 Å². The van der Waals surface area contributed by atoms with Crippen LogP contribution in [0.15, 0.2) is 65.3 Å². The van der Waals surface area contributed by atoms with E-state index >= 15 is 0 Å². The summed E-state index contributed by atoms with van der Waals surface area (Å²) in [6, 6.07) is 13.8. The van der Waals surface area contributed by atoms with E-state index in [-0.39, 0.29) is 5.91 Å². The molecule has 0 bridgehead atoms. The molecule has 136 valence electrons. The molecule has 0 saturated carbocycles. The third-order valence-corrected chi connectivity index (χ3v) is 4.71. The molecule has 1 aliphatic heterocycles. The molecular formula is C22H22N4O. The second-order valence-electron chi connectivity index (χ2n) is 6.74. The summed E-state index contributed by atoms with van der Waals surface area (Å²) in [5.74, 6) is -0.120. The highest BCUT2D eigenvalue weighted by Crippen LogP contribution is 2.28. The summed E-state index contributed by atoms with van der Waals surface area (Å²) in [7, 11) is 0. The van der Waals surface area contributed by atoms with Crippen LogP contribution in [0.3, 0.4) is 0 Å². The molecule has 5 nitrogen and oxygen atoms in total. The highest BCUT2D eigenvalue weighted by atomic mass is 16.1. The van der Waals surface area contributed by atoms with Gasteiger partial charge in [-0.1, -0.05) is 18.2 Å². The maximum Gasteiger partial charge on any atom is 0.257 e. The van der Waals surface area contributed by atoms with Gasteiger partial charge in [0, 0.05) is 47.8 Å². The number of hydrogen-bond donors (Lipinski definition) is 3. The first-order valence-corrected chi connectivity index (χ1v) is 9.10. The summed E-state index contributed by atoms with van der Waals surface area (Å²) in [5.41, 5.74) is 5.74. The second kappa shape index (κ2) is 7.50. The average Bonchev–Trinajstić information content (AvgIpc) is 3.12. The van der Waals surface area contributed by atoms with Crippen LogP contribution in [0, 0.1) is 6.92 Å². The predicted octanol–water partition coefficient (Wildman–Crippen LogP) is 4.54. The lowest BCUT2D eigenvalue weighted by molar-refractivity contribution is 0.102. The van der Waals surface area contributed by atoms with Crippen molar-refractivity contribution in [3.63, 3.8) is 0 Å². The zero-order valence-electron chi connectivity index (χ0n) is 15.3. The first kappa shape index (κ1) is 17.1. The van der Waals surface area contributed by atoms with Crippen LogP contribution in [-0.4, -0.2) is 30.2 Å². The van der Waals surface area contributed by atoms with Crippen molar-refractivity contribution in [2.45, 2.75) is 13.3 Å². The Morgan fingerprint density at radius 1 is 1.22 bits per heavy atom. The van der Waals surface area contributed by atoms with Crippen molar-refractivity contribution in [3.05, 3.63) is 71.4 Å². The summed E-state index contributed by atoms with van der Waals surface area (Å²) in [6.45, 7) is 3.59. The minimum Gasteiger partial charge on any atom is -0.381 e. The number of allylic oxidation sites excluding steroid dienone is 1. The van der Waals surface area contributed by atoms with E-state index in [4.69, 9.17) is 0 Å². The van der Waals surface area contributed by atoms with E-state index in [0.29, 0.717) is 5.56 Å². The first-order valence-electron chi connectivity index (χ1n) is 9.10. The molecule has 27 heavy (non-hydrogen) atoms. The third-order valence-electron chi connectivity index (χ3n) is 4.71. The molecule has 1 amide bonds. The van der Waals surface area contributed by atoms with E-state index in [1.165, 1.54) is 5.57 Å². The third kappa shape index (κ3) is 3.77. The van der Waals surface area contributed by atoms with E-state index in [1.54, 1.807) is 6.20 Å². The van der Waals surface area contributed by atoms with Crippen LogP contribution in [0.2, 0.25) is 0 Å². The van der Waals surface area contributed by atoms with Crippen molar-refractivity contribution in [1.82, 2.24) is 4.98 Å². The quantitative estimate of drug-likeness (QED) is 0.627. The Labute approximate surface area is 158 Å². The first-order chi connectivity index (χ1) is 13.2. The molecule has 0 radical (unpaired) electrons. The lowest BCUT2D eigenvalue weighted by atomic mass is 10.1. The Bertz CT molecular complexity index is 1050. The number of aromatic nitrogens is 1. The van der Waals surface area contributed by atoms with Gasteiger partial charge in [0.05, 0.1) is 5.56 Å². The van der Waals surface area contributed by atoms with Crippen LogP contribution in [0.4, 0.5) is 11.4 Å².